The minimum atomic E-state index is -0.575. The minimum Gasteiger partial charge on any atom is -0.355 e. The van der Waals surface area contributed by atoms with Gasteiger partial charge in [0.2, 0.25) is 0 Å². The Morgan fingerprint density at radius 2 is 1.90 bits per heavy atom. The van der Waals surface area contributed by atoms with E-state index in [0.717, 1.165) is 5.69 Å². The van der Waals surface area contributed by atoms with Crippen LogP contribution in [-0.2, 0) is 7.05 Å². The molecule has 1 amide bonds. The fraction of sp³-hybridized carbons (Fsp3) is 0.200. The van der Waals surface area contributed by atoms with Crippen LogP contribution in [0, 0.1) is 5.82 Å². The number of carbonyl (C=O) groups is 2. The molecule has 0 atom stereocenters. The molecule has 0 aliphatic heterocycles. The molecule has 1 heterocycles. The molecule has 0 aliphatic carbocycles. The van der Waals surface area contributed by atoms with Gasteiger partial charge in [-0.15, -0.1) is 0 Å². The summed E-state index contributed by atoms with van der Waals surface area (Å²) in [5.41, 5.74) is 1.97. The van der Waals surface area contributed by atoms with Gasteiger partial charge in [-0.25, -0.2) is 4.39 Å². The molecular formula is C15H15FN2O2. The summed E-state index contributed by atoms with van der Waals surface area (Å²) in [5, 5.41) is 2.40. The van der Waals surface area contributed by atoms with Crippen molar-refractivity contribution in [1.82, 2.24) is 9.88 Å². The van der Waals surface area contributed by atoms with E-state index in [1.807, 2.05) is 0 Å². The zero-order valence-electron chi connectivity index (χ0n) is 11.5. The Bertz CT molecular complexity index is 689. The fourth-order valence-corrected chi connectivity index (χ4v) is 2.15. The van der Waals surface area contributed by atoms with Crippen LogP contribution in [0.25, 0.3) is 11.3 Å². The van der Waals surface area contributed by atoms with Crippen LogP contribution in [-0.4, -0.2) is 23.3 Å². The molecule has 2 aromatic rings. The predicted octanol–water partition coefficient (Wildman–Crippen LogP) is 2.39. The number of nitrogens with one attached hydrogen (secondary N) is 1. The van der Waals surface area contributed by atoms with Gasteiger partial charge in [0.05, 0.1) is 11.3 Å². The number of carbonyl (C=O) groups excluding carboxylic acids is 2. The lowest BCUT2D eigenvalue weighted by atomic mass is 10.1. The van der Waals surface area contributed by atoms with E-state index in [9.17, 15) is 14.0 Å². The van der Waals surface area contributed by atoms with Crippen molar-refractivity contribution >= 4 is 11.7 Å². The molecule has 0 aliphatic rings. The van der Waals surface area contributed by atoms with Gasteiger partial charge in [0.15, 0.2) is 5.78 Å². The summed E-state index contributed by atoms with van der Waals surface area (Å²) in [7, 11) is 3.21. The molecule has 4 nitrogen and oxygen atoms in total. The van der Waals surface area contributed by atoms with Crippen LogP contribution >= 0.6 is 0 Å². The lowest BCUT2D eigenvalue weighted by Crippen LogP contribution is -2.19. The van der Waals surface area contributed by atoms with Gasteiger partial charge in [-0.05, 0) is 35.9 Å². The lowest BCUT2D eigenvalue weighted by molar-refractivity contribution is 0.0957. The molecule has 0 saturated heterocycles. The maximum absolute atomic E-state index is 13.6. The van der Waals surface area contributed by atoms with Crippen LogP contribution < -0.4 is 5.32 Å². The first-order valence-corrected chi connectivity index (χ1v) is 6.14. The van der Waals surface area contributed by atoms with Crippen molar-refractivity contribution in [2.45, 2.75) is 6.92 Å². The van der Waals surface area contributed by atoms with Gasteiger partial charge in [-0.2, -0.15) is 0 Å². The van der Waals surface area contributed by atoms with E-state index in [0.29, 0.717) is 11.3 Å². The van der Waals surface area contributed by atoms with Gasteiger partial charge < -0.3 is 9.88 Å². The van der Waals surface area contributed by atoms with Crippen molar-refractivity contribution in [3.05, 3.63) is 47.4 Å². The number of hydrogen-bond acceptors (Lipinski definition) is 2. The number of ketones is 1. The SMILES string of the molecule is CNC(=O)c1cc(-c2ccc(C(C)=O)n2C)ccc1F. The monoisotopic (exact) mass is 274 g/mol. The Balaban J connectivity index is 2.54. The van der Waals surface area contributed by atoms with Gasteiger partial charge in [-0.3, -0.25) is 9.59 Å². The summed E-state index contributed by atoms with van der Waals surface area (Å²) < 4.78 is 15.4. The van der Waals surface area contributed by atoms with E-state index >= 15 is 0 Å². The number of halogens is 1. The molecule has 2 rings (SSSR count). The summed E-state index contributed by atoms with van der Waals surface area (Å²) in [6, 6.07) is 7.80. The first kappa shape index (κ1) is 14.0. The maximum atomic E-state index is 13.6. The molecule has 1 N–H and O–H groups in total. The summed E-state index contributed by atoms with van der Waals surface area (Å²) in [6.07, 6.45) is 0. The van der Waals surface area contributed by atoms with E-state index in [2.05, 4.69) is 5.32 Å². The smallest absolute Gasteiger partial charge is 0.254 e. The summed E-state index contributed by atoms with van der Waals surface area (Å²) in [6.45, 7) is 1.49. The van der Waals surface area contributed by atoms with Crippen LogP contribution in [0.15, 0.2) is 30.3 Å². The molecule has 104 valence electrons. The molecule has 0 spiro atoms. The Labute approximate surface area is 116 Å². The van der Waals surface area contributed by atoms with Crippen molar-refractivity contribution in [1.29, 1.82) is 0 Å². The van der Waals surface area contributed by atoms with E-state index in [-0.39, 0.29) is 11.3 Å². The number of aromatic nitrogens is 1. The van der Waals surface area contributed by atoms with E-state index in [4.69, 9.17) is 0 Å². The third kappa shape index (κ3) is 2.34. The number of rotatable bonds is 3. The average molecular weight is 274 g/mol. The van der Waals surface area contributed by atoms with Gasteiger partial charge in [-0.1, -0.05) is 0 Å². The number of amides is 1. The molecule has 0 saturated carbocycles. The molecule has 0 bridgehead atoms. The van der Waals surface area contributed by atoms with Crippen molar-refractivity contribution in [2.75, 3.05) is 7.05 Å². The summed E-state index contributed by atoms with van der Waals surface area (Å²) in [5.74, 6) is -1.10. The van der Waals surface area contributed by atoms with Crippen molar-refractivity contribution < 1.29 is 14.0 Å². The third-order valence-corrected chi connectivity index (χ3v) is 3.22. The lowest BCUT2D eigenvalue weighted by Gasteiger charge is -2.08. The van der Waals surface area contributed by atoms with Gasteiger partial charge in [0, 0.05) is 26.7 Å². The zero-order chi connectivity index (χ0) is 14.9. The number of nitrogens with zero attached hydrogens (tertiary/aromatic N) is 1. The van der Waals surface area contributed by atoms with Gasteiger partial charge in [0.1, 0.15) is 5.82 Å². The highest BCUT2D eigenvalue weighted by Gasteiger charge is 2.14. The Morgan fingerprint density at radius 3 is 2.45 bits per heavy atom. The maximum Gasteiger partial charge on any atom is 0.254 e. The summed E-state index contributed by atoms with van der Waals surface area (Å²) in [4.78, 5) is 23.0. The van der Waals surface area contributed by atoms with Crippen LogP contribution in [0.4, 0.5) is 4.39 Å². The largest absolute Gasteiger partial charge is 0.355 e. The van der Waals surface area contributed by atoms with Gasteiger partial charge in [0.25, 0.3) is 5.91 Å². The second-order valence-electron chi connectivity index (χ2n) is 4.49. The van der Waals surface area contributed by atoms with Gasteiger partial charge >= 0.3 is 0 Å². The standard InChI is InChI=1S/C15H15FN2O2/c1-9(19)13-6-7-14(18(13)3)10-4-5-12(16)11(8-10)15(20)17-2/h4-8H,1-3H3,(H,17,20). The van der Waals surface area contributed by atoms with Crippen LogP contribution in [0.3, 0.4) is 0 Å². The molecule has 1 aromatic heterocycles. The Morgan fingerprint density at radius 1 is 1.20 bits per heavy atom. The predicted molar refractivity (Wildman–Crippen MR) is 74.2 cm³/mol. The van der Waals surface area contributed by atoms with Crippen molar-refractivity contribution in [3.8, 4) is 11.3 Å². The third-order valence-electron chi connectivity index (χ3n) is 3.22. The molecule has 0 fully saturated rings. The second-order valence-corrected chi connectivity index (χ2v) is 4.49. The van der Waals surface area contributed by atoms with Crippen LogP contribution in [0.2, 0.25) is 0 Å². The highest BCUT2D eigenvalue weighted by atomic mass is 19.1. The highest BCUT2D eigenvalue weighted by molar-refractivity contribution is 5.96. The number of hydrogen-bond donors (Lipinski definition) is 1. The van der Waals surface area contributed by atoms with E-state index < -0.39 is 11.7 Å². The second kappa shape index (κ2) is 5.28. The topological polar surface area (TPSA) is 51.1 Å². The number of benzene rings is 1. The van der Waals surface area contributed by atoms with Crippen molar-refractivity contribution in [2.24, 2.45) is 7.05 Å². The first-order valence-electron chi connectivity index (χ1n) is 6.14. The highest BCUT2D eigenvalue weighted by Crippen LogP contribution is 2.24. The molecule has 20 heavy (non-hydrogen) atoms. The molecule has 1 aromatic carbocycles. The minimum absolute atomic E-state index is 0.0180. The average Bonchev–Trinajstić information content (AvgIpc) is 2.80. The van der Waals surface area contributed by atoms with Crippen molar-refractivity contribution in [3.63, 3.8) is 0 Å². The quantitative estimate of drug-likeness (QED) is 0.874. The molecule has 5 heteroatoms. The van der Waals surface area contributed by atoms with Crippen LogP contribution in [0.1, 0.15) is 27.8 Å². The Kier molecular flexibility index (Phi) is 3.70. The molecular weight excluding hydrogens is 259 g/mol. The molecule has 0 unspecified atom stereocenters. The normalized spacial score (nSPS) is 10.4. The van der Waals surface area contributed by atoms with Crippen LogP contribution in [0.5, 0.6) is 0 Å². The Hall–Kier alpha value is -2.43. The number of Topliss-reactive ketones (excluding diaryl/α,β-unsaturated/α-hetero) is 1. The summed E-state index contributed by atoms with van der Waals surface area (Å²) >= 11 is 0. The molecule has 0 radical (unpaired) electrons. The fourth-order valence-electron chi connectivity index (χ4n) is 2.15. The van der Waals surface area contributed by atoms with E-state index in [1.54, 1.807) is 29.8 Å². The first-order chi connectivity index (χ1) is 9.45. The zero-order valence-corrected chi connectivity index (χ0v) is 11.5. The van der Waals surface area contributed by atoms with E-state index in [1.165, 1.54) is 26.1 Å².